The van der Waals surface area contributed by atoms with Gasteiger partial charge in [0.05, 0.1) is 0 Å². The van der Waals surface area contributed by atoms with E-state index in [0.29, 0.717) is 17.2 Å². The SMILES string of the molecule is CC(C)(C)c1cc(CCC(c2cc(C(C)(C)C)c(O)cc2C(C)(C)C)c2cc(C(C)(C)C)c(O)cc2C(C)(C)C)c(C(C)(C)C)cc1O. The first-order valence-corrected chi connectivity index (χ1v) is 18.0. The normalized spacial score (nSPS) is 13.8. The Morgan fingerprint density at radius 1 is 0.375 bits per heavy atom. The zero-order chi connectivity index (χ0) is 37.2. The van der Waals surface area contributed by atoms with Gasteiger partial charge in [0.25, 0.3) is 0 Å². The summed E-state index contributed by atoms with van der Waals surface area (Å²) in [4.78, 5) is 0. The topological polar surface area (TPSA) is 60.7 Å². The highest BCUT2D eigenvalue weighted by Gasteiger charge is 2.34. The predicted octanol–water partition coefficient (Wildman–Crippen LogP) is 12.4. The minimum Gasteiger partial charge on any atom is -0.508 e. The molecule has 0 unspecified atom stereocenters. The molecule has 0 saturated heterocycles. The summed E-state index contributed by atoms with van der Waals surface area (Å²) in [6.45, 7) is 39.5. The maximum absolute atomic E-state index is 11.4. The van der Waals surface area contributed by atoms with Crippen molar-refractivity contribution in [2.24, 2.45) is 0 Å². The first kappa shape index (κ1) is 39.5. The molecule has 0 atom stereocenters. The third kappa shape index (κ3) is 8.61. The van der Waals surface area contributed by atoms with Crippen LogP contribution in [0.5, 0.6) is 17.2 Å². The van der Waals surface area contributed by atoms with E-state index in [4.69, 9.17) is 0 Å². The maximum Gasteiger partial charge on any atom is 0.119 e. The molecule has 48 heavy (non-hydrogen) atoms. The second kappa shape index (κ2) is 12.7. The summed E-state index contributed by atoms with van der Waals surface area (Å²) in [6, 6.07) is 12.8. The summed E-state index contributed by atoms with van der Waals surface area (Å²) >= 11 is 0. The van der Waals surface area contributed by atoms with Crippen LogP contribution in [0.3, 0.4) is 0 Å². The molecule has 0 aliphatic heterocycles. The van der Waals surface area contributed by atoms with Crippen molar-refractivity contribution in [1.29, 1.82) is 0 Å². The Labute approximate surface area is 294 Å². The van der Waals surface area contributed by atoms with E-state index >= 15 is 0 Å². The molecule has 3 rings (SSSR count). The van der Waals surface area contributed by atoms with Crippen molar-refractivity contribution in [3.8, 4) is 17.2 Å². The Bertz CT molecular complexity index is 1550. The summed E-state index contributed by atoms with van der Waals surface area (Å²) in [5.74, 6) is 1.03. The first-order chi connectivity index (χ1) is 21.3. The molecule has 0 fully saturated rings. The second-order valence-electron chi connectivity index (χ2n) is 20.5. The third-order valence-corrected chi connectivity index (χ3v) is 9.86. The molecule has 3 aromatic carbocycles. The van der Waals surface area contributed by atoms with E-state index in [0.717, 1.165) is 40.7 Å². The molecule has 0 spiro atoms. The fourth-order valence-electron chi connectivity index (χ4n) is 7.20. The number of aryl methyl sites for hydroxylation is 1. The van der Waals surface area contributed by atoms with Crippen LogP contribution in [-0.2, 0) is 38.9 Å². The van der Waals surface area contributed by atoms with Crippen molar-refractivity contribution in [3.05, 3.63) is 86.5 Å². The van der Waals surface area contributed by atoms with Crippen molar-refractivity contribution in [1.82, 2.24) is 0 Å². The van der Waals surface area contributed by atoms with Gasteiger partial charge in [-0.3, -0.25) is 0 Å². The Balaban J connectivity index is 2.52. The van der Waals surface area contributed by atoms with Crippen molar-refractivity contribution in [3.63, 3.8) is 0 Å². The fraction of sp³-hybridized carbons (Fsp3) is 0.600. The van der Waals surface area contributed by atoms with E-state index in [1.807, 2.05) is 18.2 Å². The standard InChI is InChI=1S/C45H68O3/c1-40(2,3)31-24-37(46)34(43(10,11)12)21-27(31)19-20-28(29-22-35(44(13,14)15)38(47)25-32(29)41(4,5)6)30-23-36(45(16,17)18)39(48)26-33(30)42(7,8)9/h21-26,28,46-48H,19-20H2,1-18H3. The number of aromatic hydroxyl groups is 3. The fourth-order valence-corrected chi connectivity index (χ4v) is 7.20. The van der Waals surface area contributed by atoms with Gasteiger partial charge in [-0.15, -0.1) is 0 Å². The minimum atomic E-state index is -0.254. The van der Waals surface area contributed by atoms with Crippen LogP contribution in [0.15, 0.2) is 36.4 Å². The third-order valence-electron chi connectivity index (χ3n) is 9.86. The highest BCUT2D eigenvalue weighted by Crippen LogP contribution is 2.48. The lowest BCUT2D eigenvalue weighted by atomic mass is 9.69. The van der Waals surface area contributed by atoms with Crippen LogP contribution < -0.4 is 0 Å². The highest BCUT2D eigenvalue weighted by atomic mass is 16.3. The lowest BCUT2D eigenvalue weighted by Crippen LogP contribution is -2.24. The van der Waals surface area contributed by atoms with E-state index in [-0.39, 0.29) is 38.4 Å². The summed E-state index contributed by atoms with van der Waals surface area (Å²) in [5.41, 5.74) is 8.71. The zero-order valence-corrected chi connectivity index (χ0v) is 33.8. The van der Waals surface area contributed by atoms with Crippen LogP contribution in [0.25, 0.3) is 0 Å². The molecule has 3 aromatic rings. The van der Waals surface area contributed by atoms with Crippen molar-refractivity contribution < 1.29 is 15.3 Å². The molecule has 0 saturated carbocycles. The molecule has 0 amide bonds. The Hall–Kier alpha value is -2.94. The number of hydrogen-bond acceptors (Lipinski definition) is 3. The van der Waals surface area contributed by atoms with Crippen LogP contribution in [0.2, 0.25) is 0 Å². The molecule has 3 heteroatoms. The molecule has 266 valence electrons. The lowest BCUT2D eigenvalue weighted by Gasteiger charge is -2.35. The van der Waals surface area contributed by atoms with Gasteiger partial charge in [0, 0.05) is 5.92 Å². The van der Waals surface area contributed by atoms with Gasteiger partial charge in [-0.2, -0.15) is 0 Å². The lowest BCUT2D eigenvalue weighted by molar-refractivity contribution is 0.439. The van der Waals surface area contributed by atoms with Gasteiger partial charge in [0.2, 0.25) is 0 Å². The Morgan fingerprint density at radius 3 is 0.938 bits per heavy atom. The first-order valence-electron chi connectivity index (χ1n) is 18.0. The molecular formula is C45H68O3. The quantitative estimate of drug-likeness (QED) is 0.256. The van der Waals surface area contributed by atoms with E-state index in [1.54, 1.807) is 0 Å². The minimum absolute atomic E-state index is 0.0171. The summed E-state index contributed by atoms with van der Waals surface area (Å²) < 4.78 is 0. The van der Waals surface area contributed by atoms with Gasteiger partial charge in [-0.05, 0) is 114 Å². The predicted molar refractivity (Wildman–Crippen MR) is 207 cm³/mol. The van der Waals surface area contributed by atoms with Gasteiger partial charge in [0.15, 0.2) is 0 Å². The summed E-state index contributed by atoms with van der Waals surface area (Å²) in [6.07, 6.45) is 1.64. The van der Waals surface area contributed by atoms with Crippen LogP contribution in [-0.4, -0.2) is 15.3 Å². The number of phenolic OH excluding ortho intramolecular Hbond substituents is 3. The Kier molecular flexibility index (Phi) is 10.5. The van der Waals surface area contributed by atoms with Crippen LogP contribution in [0.4, 0.5) is 0 Å². The highest BCUT2D eigenvalue weighted by molar-refractivity contribution is 5.56. The van der Waals surface area contributed by atoms with Gasteiger partial charge < -0.3 is 15.3 Å². The number of benzene rings is 3. The maximum atomic E-state index is 11.4. The summed E-state index contributed by atoms with van der Waals surface area (Å²) in [5, 5.41) is 34.1. The van der Waals surface area contributed by atoms with E-state index in [2.05, 4.69) is 143 Å². The average Bonchev–Trinajstić information content (AvgIpc) is 2.86. The molecular weight excluding hydrogens is 588 g/mol. The van der Waals surface area contributed by atoms with Crippen LogP contribution >= 0.6 is 0 Å². The smallest absolute Gasteiger partial charge is 0.119 e. The monoisotopic (exact) mass is 657 g/mol. The largest absolute Gasteiger partial charge is 0.508 e. The molecule has 3 N–H and O–H groups in total. The molecule has 0 aromatic heterocycles. The Morgan fingerprint density at radius 2 is 0.646 bits per heavy atom. The molecule has 0 heterocycles. The van der Waals surface area contributed by atoms with Crippen LogP contribution in [0, 0.1) is 0 Å². The van der Waals surface area contributed by atoms with E-state index in [1.165, 1.54) is 22.3 Å². The average molecular weight is 657 g/mol. The van der Waals surface area contributed by atoms with Gasteiger partial charge >= 0.3 is 0 Å². The number of rotatable bonds is 5. The second-order valence-corrected chi connectivity index (χ2v) is 20.5. The van der Waals surface area contributed by atoms with Gasteiger partial charge in [-0.1, -0.05) is 143 Å². The van der Waals surface area contributed by atoms with E-state index < -0.39 is 0 Å². The van der Waals surface area contributed by atoms with Crippen molar-refractivity contribution >= 4 is 0 Å². The zero-order valence-electron chi connectivity index (χ0n) is 33.8. The molecule has 0 bridgehead atoms. The van der Waals surface area contributed by atoms with Gasteiger partial charge in [0.1, 0.15) is 17.2 Å². The molecule has 3 nitrogen and oxygen atoms in total. The van der Waals surface area contributed by atoms with Crippen LogP contribution in [0.1, 0.15) is 187 Å². The van der Waals surface area contributed by atoms with E-state index in [9.17, 15) is 15.3 Å². The number of hydrogen-bond donors (Lipinski definition) is 3. The molecule has 0 aliphatic carbocycles. The van der Waals surface area contributed by atoms with Crippen molar-refractivity contribution in [2.45, 2.75) is 176 Å². The van der Waals surface area contributed by atoms with Crippen molar-refractivity contribution in [2.75, 3.05) is 0 Å². The van der Waals surface area contributed by atoms with Gasteiger partial charge in [-0.25, -0.2) is 0 Å². The molecule has 0 radical (unpaired) electrons. The number of phenols is 3. The molecule has 0 aliphatic rings. The summed E-state index contributed by atoms with van der Waals surface area (Å²) in [7, 11) is 0.